The number of benzene rings is 1. The summed E-state index contributed by atoms with van der Waals surface area (Å²) in [7, 11) is 3.47. The zero-order chi connectivity index (χ0) is 18.1. The van der Waals surface area contributed by atoms with Crippen molar-refractivity contribution in [3.8, 4) is 0 Å². The molecule has 0 saturated carbocycles. The summed E-state index contributed by atoms with van der Waals surface area (Å²) in [5.41, 5.74) is 6.85. The Balaban J connectivity index is 0.00000338. The van der Waals surface area contributed by atoms with Gasteiger partial charge in [-0.25, -0.2) is 0 Å². The number of hydrogen-bond acceptors (Lipinski definition) is 4. The summed E-state index contributed by atoms with van der Waals surface area (Å²) in [4.78, 5) is 17.7. The first-order valence-electron chi connectivity index (χ1n) is 8.55. The third-order valence-electron chi connectivity index (χ3n) is 4.27. The van der Waals surface area contributed by atoms with Crippen molar-refractivity contribution in [2.75, 3.05) is 47.1 Å². The van der Waals surface area contributed by atoms with Crippen molar-refractivity contribution in [1.29, 1.82) is 0 Å². The summed E-state index contributed by atoms with van der Waals surface area (Å²) in [5.74, 6) is 0.995. The molecule has 0 aliphatic carbocycles. The van der Waals surface area contributed by atoms with E-state index in [9.17, 15) is 4.79 Å². The Hall–Kier alpha value is -1.39. The fraction of sp³-hybridized carbons (Fsp3) is 0.556. The molecule has 1 aromatic rings. The smallest absolute Gasteiger partial charge is 0.248 e. The van der Waals surface area contributed by atoms with Gasteiger partial charge in [-0.05, 0) is 24.1 Å². The molecule has 1 unspecified atom stereocenters. The van der Waals surface area contributed by atoms with E-state index >= 15 is 0 Å². The molecule has 2 rings (SSSR count). The van der Waals surface area contributed by atoms with Crippen LogP contribution in [0.1, 0.15) is 22.3 Å². The summed E-state index contributed by atoms with van der Waals surface area (Å²) >= 11 is 0. The van der Waals surface area contributed by atoms with Crippen LogP contribution < -0.4 is 11.1 Å². The predicted molar refractivity (Wildman–Crippen MR) is 113 cm³/mol. The lowest BCUT2D eigenvalue weighted by atomic mass is 10.1. The van der Waals surface area contributed by atoms with Crippen LogP contribution in [0.4, 0.5) is 0 Å². The zero-order valence-corrected chi connectivity index (χ0v) is 17.8. The molecule has 146 valence electrons. The summed E-state index contributed by atoms with van der Waals surface area (Å²) in [6.07, 6.45) is 1.10. The van der Waals surface area contributed by atoms with Crippen molar-refractivity contribution < 1.29 is 14.3 Å². The number of halogens is 1. The number of ether oxygens (including phenoxy) is 2. The SMILES string of the molecule is CN=C(NCc1ccc(C(N)=O)cc1)N1CCC(COCCOC)C1.I. The van der Waals surface area contributed by atoms with Crippen LogP contribution in [0.2, 0.25) is 0 Å². The van der Waals surface area contributed by atoms with E-state index in [0.29, 0.717) is 31.2 Å². The van der Waals surface area contributed by atoms with Gasteiger partial charge in [-0.15, -0.1) is 24.0 Å². The van der Waals surface area contributed by atoms with Gasteiger partial charge in [0.15, 0.2) is 5.96 Å². The second-order valence-corrected chi connectivity index (χ2v) is 6.13. The van der Waals surface area contributed by atoms with Gasteiger partial charge in [-0.2, -0.15) is 0 Å². The molecule has 0 aromatic heterocycles. The van der Waals surface area contributed by atoms with Gasteiger partial charge in [0.05, 0.1) is 19.8 Å². The van der Waals surface area contributed by atoms with Crippen molar-refractivity contribution in [3.05, 3.63) is 35.4 Å². The average molecular weight is 476 g/mol. The van der Waals surface area contributed by atoms with Gasteiger partial charge in [0.2, 0.25) is 5.91 Å². The quantitative estimate of drug-likeness (QED) is 0.257. The van der Waals surface area contributed by atoms with E-state index in [4.69, 9.17) is 15.2 Å². The number of nitrogens with two attached hydrogens (primary N) is 1. The minimum Gasteiger partial charge on any atom is -0.382 e. The maximum atomic E-state index is 11.1. The first-order chi connectivity index (χ1) is 12.1. The molecule has 0 spiro atoms. The Kier molecular flexibility index (Phi) is 10.5. The topological polar surface area (TPSA) is 89.2 Å². The van der Waals surface area contributed by atoms with Gasteiger partial charge in [0, 0.05) is 45.3 Å². The van der Waals surface area contributed by atoms with Crippen LogP contribution in [0.5, 0.6) is 0 Å². The van der Waals surface area contributed by atoms with Crippen molar-refractivity contribution >= 4 is 35.8 Å². The van der Waals surface area contributed by atoms with Crippen molar-refractivity contribution in [1.82, 2.24) is 10.2 Å². The molecule has 1 fully saturated rings. The monoisotopic (exact) mass is 476 g/mol. The molecule has 26 heavy (non-hydrogen) atoms. The third-order valence-corrected chi connectivity index (χ3v) is 4.27. The number of amides is 1. The molecule has 1 atom stereocenters. The van der Waals surface area contributed by atoms with E-state index in [-0.39, 0.29) is 24.0 Å². The fourth-order valence-electron chi connectivity index (χ4n) is 2.85. The normalized spacial score (nSPS) is 17.1. The molecule has 1 aliphatic rings. The fourth-order valence-corrected chi connectivity index (χ4v) is 2.85. The summed E-state index contributed by atoms with van der Waals surface area (Å²) < 4.78 is 10.6. The van der Waals surface area contributed by atoms with Crippen LogP contribution in [-0.2, 0) is 16.0 Å². The lowest BCUT2D eigenvalue weighted by molar-refractivity contribution is 0.0536. The molecule has 1 amide bonds. The standard InChI is InChI=1S/C18H28N4O3.HI/c1-20-18(21-11-14-3-5-16(6-4-14)17(19)23)22-8-7-15(12-22)13-25-10-9-24-2;/h3-6,15H,7-13H2,1-2H3,(H2,19,23)(H,20,21);1H. The zero-order valence-electron chi connectivity index (χ0n) is 15.4. The van der Waals surface area contributed by atoms with E-state index < -0.39 is 5.91 Å². The van der Waals surface area contributed by atoms with Crippen molar-refractivity contribution in [3.63, 3.8) is 0 Å². The number of methoxy groups -OCH3 is 1. The van der Waals surface area contributed by atoms with Gasteiger partial charge in [0.25, 0.3) is 0 Å². The van der Waals surface area contributed by atoms with Crippen molar-refractivity contribution in [2.24, 2.45) is 16.6 Å². The number of primary amides is 1. The van der Waals surface area contributed by atoms with Gasteiger partial charge in [-0.1, -0.05) is 12.1 Å². The number of aliphatic imine (C=N–C) groups is 1. The molecule has 7 nitrogen and oxygen atoms in total. The van der Waals surface area contributed by atoms with Crippen LogP contribution in [0.15, 0.2) is 29.3 Å². The van der Waals surface area contributed by atoms with Crippen LogP contribution in [0, 0.1) is 5.92 Å². The lowest BCUT2D eigenvalue weighted by Crippen LogP contribution is -2.39. The number of hydrogen-bond donors (Lipinski definition) is 2. The first-order valence-corrected chi connectivity index (χ1v) is 8.55. The molecule has 3 N–H and O–H groups in total. The van der Waals surface area contributed by atoms with Gasteiger partial charge >= 0.3 is 0 Å². The van der Waals surface area contributed by atoms with Crippen molar-refractivity contribution in [2.45, 2.75) is 13.0 Å². The van der Waals surface area contributed by atoms with E-state index in [0.717, 1.165) is 37.6 Å². The predicted octanol–water partition coefficient (Wildman–Crippen LogP) is 1.46. The molecule has 1 saturated heterocycles. The van der Waals surface area contributed by atoms with Crippen LogP contribution in [-0.4, -0.2) is 63.8 Å². The van der Waals surface area contributed by atoms with Crippen LogP contribution in [0.3, 0.4) is 0 Å². The van der Waals surface area contributed by atoms with E-state index in [1.807, 2.05) is 12.1 Å². The molecule has 1 aromatic carbocycles. The average Bonchev–Trinajstić information content (AvgIpc) is 3.08. The van der Waals surface area contributed by atoms with E-state index in [2.05, 4.69) is 15.2 Å². The summed E-state index contributed by atoms with van der Waals surface area (Å²) in [6.45, 7) is 4.59. The second kappa shape index (κ2) is 12.1. The number of guanidine groups is 1. The van der Waals surface area contributed by atoms with Gasteiger partial charge in [-0.3, -0.25) is 9.79 Å². The lowest BCUT2D eigenvalue weighted by Gasteiger charge is -2.22. The summed E-state index contributed by atoms with van der Waals surface area (Å²) in [6, 6.07) is 7.28. The highest BCUT2D eigenvalue weighted by atomic mass is 127. The maximum Gasteiger partial charge on any atom is 0.248 e. The highest BCUT2D eigenvalue weighted by molar-refractivity contribution is 14.0. The van der Waals surface area contributed by atoms with Crippen LogP contribution >= 0.6 is 24.0 Å². The van der Waals surface area contributed by atoms with Gasteiger partial charge in [0.1, 0.15) is 0 Å². The first kappa shape index (κ1) is 22.7. The number of carbonyl (C=O) groups excluding carboxylic acids is 1. The van der Waals surface area contributed by atoms with E-state index in [1.165, 1.54) is 0 Å². The highest BCUT2D eigenvalue weighted by Gasteiger charge is 2.24. The number of nitrogens with one attached hydrogen (secondary N) is 1. The number of rotatable bonds is 8. The highest BCUT2D eigenvalue weighted by Crippen LogP contribution is 2.16. The molecular weight excluding hydrogens is 447 g/mol. The Morgan fingerprint density at radius 2 is 2.08 bits per heavy atom. The third kappa shape index (κ3) is 7.08. The second-order valence-electron chi connectivity index (χ2n) is 6.13. The summed E-state index contributed by atoms with van der Waals surface area (Å²) in [5, 5.41) is 3.37. The Bertz CT molecular complexity index is 580. The number of nitrogens with zero attached hydrogens (tertiary/aromatic N) is 2. The molecule has 0 radical (unpaired) electrons. The molecule has 0 bridgehead atoms. The number of likely N-dealkylation sites (tertiary alicyclic amines) is 1. The Morgan fingerprint density at radius 1 is 1.35 bits per heavy atom. The maximum absolute atomic E-state index is 11.1. The minimum atomic E-state index is -0.411. The van der Waals surface area contributed by atoms with E-state index in [1.54, 1.807) is 26.3 Å². The molecule has 8 heteroatoms. The minimum absolute atomic E-state index is 0. The van der Waals surface area contributed by atoms with Gasteiger partial charge < -0.3 is 25.4 Å². The Labute approximate surface area is 172 Å². The largest absolute Gasteiger partial charge is 0.382 e. The van der Waals surface area contributed by atoms with Crippen LogP contribution in [0.25, 0.3) is 0 Å². The Morgan fingerprint density at radius 3 is 2.69 bits per heavy atom. The molecule has 1 heterocycles. The molecular formula is C18H29IN4O3. The molecule has 1 aliphatic heterocycles. The number of carbonyl (C=O) groups is 1.